The molecule has 7 heteroatoms. The second-order valence-electron chi connectivity index (χ2n) is 5.54. The maximum Gasteiger partial charge on any atom is 0.335 e. The Morgan fingerprint density at radius 2 is 1.84 bits per heavy atom. The number of imide groups is 2. The number of carbonyl (C=O) groups excluding carboxylic acids is 3. The summed E-state index contributed by atoms with van der Waals surface area (Å²) in [4.78, 5) is 42.0. The number of aryl methyl sites for hydroxylation is 1. The smallest absolute Gasteiger partial charge is 0.276 e. The molecule has 0 spiro atoms. The van der Waals surface area contributed by atoms with E-state index in [1.54, 1.807) is 30.3 Å². The lowest BCUT2D eigenvalue weighted by Crippen LogP contribution is -2.58. The topological polar surface area (TPSA) is 78.8 Å². The van der Waals surface area contributed by atoms with Crippen LogP contribution in [0.3, 0.4) is 0 Å². The average Bonchev–Trinajstić information content (AvgIpc) is 2.56. The van der Waals surface area contributed by atoms with Crippen LogP contribution in [-0.2, 0) is 9.59 Å². The first-order valence-corrected chi connectivity index (χ1v) is 8.59. The van der Waals surface area contributed by atoms with Crippen molar-refractivity contribution in [2.24, 2.45) is 10.9 Å². The van der Waals surface area contributed by atoms with Crippen molar-refractivity contribution in [1.29, 1.82) is 0 Å². The van der Waals surface area contributed by atoms with Gasteiger partial charge >= 0.3 is 6.03 Å². The number of nitrogens with zero attached hydrogens (tertiary/aromatic N) is 2. The van der Waals surface area contributed by atoms with Gasteiger partial charge in [-0.05, 0) is 71.5 Å². The fraction of sp³-hybridized carbons (Fsp3) is 0.111. The predicted molar refractivity (Wildman–Crippen MR) is 103 cm³/mol. The van der Waals surface area contributed by atoms with E-state index in [4.69, 9.17) is 0 Å². The van der Waals surface area contributed by atoms with Crippen molar-refractivity contribution in [1.82, 2.24) is 5.32 Å². The Morgan fingerprint density at radius 1 is 1.12 bits per heavy atom. The number of benzene rings is 2. The molecule has 3 rings (SSSR count). The third-order valence-electron chi connectivity index (χ3n) is 3.66. The summed E-state index contributed by atoms with van der Waals surface area (Å²) in [6.07, 6.45) is 1.28. The van der Waals surface area contributed by atoms with E-state index < -0.39 is 23.8 Å². The molecule has 0 radical (unpaired) electrons. The standard InChI is InChI=1S/C18H14IN3O3/c1-11-3-2-4-13(9-11)20-10-15-16(23)21-18(25)22(17(15)24)14-7-5-12(19)6-8-14/h2-10,15H,1H3,(H,21,23,25)/t15-/m1/s1. The molecule has 1 aliphatic heterocycles. The van der Waals surface area contributed by atoms with Gasteiger partial charge in [-0.15, -0.1) is 0 Å². The quantitative estimate of drug-likeness (QED) is 0.446. The summed E-state index contributed by atoms with van der Waals surface area (Å²) in [6.45, 7) is 1.93. The van der Waals surface area contributed by atoms with Gasteiger partial charge in [-0.2, -0.15) is 0 Å². The monoisotopic (exact) mass is 447 g/mol. The Kier molecular flexibility index (Phi) is 4.93. The Hall–Kier alpha value is -2.55. The third kappa shape index (κ3) is 3.76. The van der Waals surface area contributed by atoms with Gasteiger partial charge in [0.25, 0.3) is 5.91 Å². The van der Waals surface area contributed by atoms with Crippen LogP contribution < -0.4 is 10.2 Å². The SMILES string of the molecule is Cc1cccc(N=C[C@@H]2C(=O)NC(=O)N(c3ccc(I)cc3)C2=O)c1. The number of urea groups is 1. The molecule has 0 saturated carbocycles. The molecule has 2 aromatic carbocycles. The van der Waals surface area contributed by atoms with Crippen LogP contribution in [0.1, 0.15) is 5.56 Å². The van der Waals surface area contributed by atoms with Gasteiger partial charge in [0, 0.05) is 9.78 Å². The summed E-state index contributed by atoms with van der Waals surface area (Å²) in [5.41, 5.74) is 2.06. The van der Waals surface area contributed by atoms with Gasteiger partial charge in [0.1, 0.15) is 0 Å². The van der Waals surface area contributed by atoms with Crippen LogP contribution in [0, 0.1) is 16.4 Å². The normalized spacial score (nSPS) is 17.9. The van der Waals surface area contributed by atoms with Crippen LogP contribution in [0.5, 0.6) is 0 Å². The molecule has 25 heavy (non-hydrogen) atoms. The number of rotatable bonds is 3. The summed E-state index contributed by atoms with van der Waals surface area (Å²) >= 11 is 2.13. The molecule has 0 bridgehead atoms. The lowest BCUT2D eigenvalue weighted by molar-refractivity contribution is -0.131. The van der Waals surface area contributed by atoms with Crippen LogP contribution in [0.2, 0.25) is 0 Å². The van der Waals surface area contributed by atoms with Crippen molar-refractivity contribution in [2.75, 3.05) is 4.90 Å². The minimum Gasteiger partial charge on any atom is -0.276 e. The van der Waals surface area contributed by atoms with E-state index >= 15 is 0 Å². The second-order valence-corrected chi connectivity index (χ2v) is 6.78. The van der Waals surface area contributed by atoms with Crippen LogP contribution in [0.4, 0.5) is 16.2 Å². The highest BCUT2D eigenvalue weighted by molar-refractivity contribution is 14.1. The number of halogens is 1. The maximum atomic E-state index is 12.7. The molecule has 1 aliphatic rings. The molecule has 0 aromatic heterocycles. The van der Waals surface area contributed by atoms with Crippen LogP contribution in [-0.4, -0.2) is 24.1 Å². The van der Waals surface area contributed by atoms with E-state index in [9.17, 15) is 14.4 Å². The summed E-state index contributed by atoms with van der Waals surface area (Å²) < 4.78 is 0.972. The van der Waals surface area contributed by atoms with Gasteiger partial charge in [-0.25, -0.2) is 9.69 Å². The second kappa shape index (κ2) is 7.14. The van der Waals surface area contributed by atoms with Gasteiger partial charge in [-0.1, -0.05) is 12.1 Å². The number of anilines is 1. The Labute approximate surface area is 158 Å². The molecular formula is C18H14IN3O3. The van der Waals surface area contributed by atoms with E-state index in [0.717, 1.165) is 14.0 Å². The third-order valence-corrected chi connectivity index (χ3v) is 4.38. The highest BCUT2D eigenvalue weighted by Crippen LogP contribution is 2.22. The zero-order valence-corrected chi connectivity index (χ0v) is 15.4. The van der Waals surface area contributed by atoms with E-state index in [1.807, 2.05) is 25.1 Å². The fourth-order valence-electron chi connectivity index (χ4n) is 2.43. The van der Waals surface area contributed by atoms with Crippen molar-refractivity contribution >= 4 is 58.0 Å². The molecule has 1 heterocycles. The first-order valence-electron chi connectivity index (χ1n) is 7.51. The zero-order valence-electron chi connectivity index (χ0n) is 13.3. The number of aliphatic imine (C=N–C) groups is 1. The molecule has 4 amide bonds. The number of carbonyl (C=O) groups is 3. The van der Waals surface area contributed by atoms with E-state index in [1.165, 1.54) is 6.21 Å². The summed E-state index contributed by atoms with van der Waals surface area (Å²) in [5.74, 6) is -2.45. The molecule has 1 fully saturated rings. The number of hydrogen-bond donors (Lipinski definition) is 1. The zero-order chi connectivity index (χ0) is 18.0. The molecule has 2 aromatic rings. The first kappa shape index (κ1) is 17.3. The van der Waals surface area contributed by atoms with E-state index in [2.05, 4.69) is 32.9 Å². The number of amides is 4. The molecule has 126 valence electrons. The first-order chi connectivity index (χ1) is 12.0. The fourth-order valence-corrected chi connectivity index (χ4v) is 2.78. The Bertz CT molecular complexity index is 877. The molecule has 6 nitrogen and oxygen atoms in total. The van der Waals surface area contributed by atoms with Gasteiger partial charge in [-0.3, -0.25) is 19.9 Å². The Morgan fingerprint density at radius 3 is 2.52 bits per heavy atom. The lowest BCUT2D eigenvalue weighted by atomic mass is 10.1. The van der Waals surface area contributed by atoms with Gasteiger partial charge in [0.2, 0.25) is 5.91 Å². The van der Waals surface area contributed by atoms with Gasteiger partial charge in [0.05, 0.1) is 11.4 Å². The minimum absolute atomic E-state index is 0.407. The molecular weight excluding hydrogens is 433 g/mol. The Balaban J connectivity index is 1.89. The molecule has 0 unspecified atom stereocenters. The highest BCUT2D eigenvalue weighted by Gasteiger charge is 2.40. The van der Waals surface area contributed by atoms with Gasteiger partial charge in [0.15, 0.2) is 5.92 Å². The van der Waals surface area contributed by atoms with E-state index in [0.29, 0.717) is 11.4 Å². The predicted octanol–water partition coefficient (Wildman–Crippen LogP) is 3.20. The number of hydrogen-bond acceptors (Lipinski definition) is 4. The van der Waals surface area contributed by atoms with Crippen LogP contribution in [0.25, 0.3) is 0 Å². The number of barbiturate groups is 1. The van der Waals surface area contributed by atoms with Crippen molar-refractivity contribution in [3.8, 4) is 0 Å². The minimum atomic E-state index is -1.16. The highest BCUT2D eigenvalue weighted by atomic mass is 127. The van der Waals surface area contributed by atoms with E-state index in [-0.39, 0.29) is 0 Å². The summed E-state index contributed by atoms with van der Waals surface area (Å²) in [6, 6.07) is 13.5. The molecule has 1 saturated heterocycles. The molecule has 1 atom stereocenters. The van der Waals surface area contributed by atoms with Crippen molar-refractivity contribution < 1.29 is 14.4 Å². The van der Waals surface area contributed by atoms with Crippen molar-refractivity contribution in [2.45, 2.75) is 6.92 Å². The average molecular weight is 447 g/mol. The van der Waals surface area contributed by atoms with Crippen molar-refractivity contribution in [3.63, 3.8) is 0 Å². The number of nitrogens with one attached hydrogen (secondary N) is 1. The summed E-state index contributed by atoms with van der Waals surface area (Å²) in [5, 5.41) is 2.20. The molecule has 1 N–H and O–H groups in total. The largest absolute Gasteiger partial charge is 0.335 e. The van der Waals surface area contributed by atoms with Crippen molar-refractivity contribution in [3.05, 3.63) is 57.7 Å². The molecule has 0 aliphatic carbocycles. The van der Waals surface area contributed by atoms with Crippen LogP contribution >= 0.6 is 22.6 Å². The maximum absolute atomic E-state index is 12.7. The van der Waals surface area contributed by atoms with Crippen LogP contribution in [0.15, 0.2) is 53.5 Å². The van der Waals surface area contributed by atoms with Gasteiger partial charge < -0.3 is 0 Å². The summed E-state index contributed by atoms with van der Waals surface area (Å²) in [7, 11) is 0. The lowest BCUT2D eigenvalue weighted by Gasteiger charge is -2.28.